The van der Waals surface area contributed by atoms with Gasteiger partial charge in [0.15, 0.2) is 0 Å². The van der Waals surface area contributed by atoms with Crippen LogP contribution in [0.15, 0.2) is 12.5 Å². The lowest BCUT2D eigenvalue weighted by molar-refractivity contribution is -0.142. The molecular weight excluding hydrogens is 1260 g/mol. The standard InChI is InChI=1S/C64H119N19O14/c1-36(2)30-48(79-54(86)42(70)32-41-33-71-35-72-41)59(91)75-43(20-10-15-25-65)55(87)73-40(9)53(85)82-51(38(5)6)63(95)81-50(34-84)61(93)77-44(21-11-16-26-66)56(88)74-46(23-13-18-28-68)58(90)83-52(39(7)8)62(94)80-49(31-37(3)4)60(92)76-45(22-12-17-27-67)57(89)78-47(64(96)97)24-14-19-29-69/h33,35-40,42-52,84H,10-32,34,65-70H2,1-9H3,(H,71,72)(H,73,87)(H,74,88)(H,75,91)(H,76,92)(H,77,93)(H,78,89)(H,79,86)(H,80,94)(H,81,95)(H,82,85)(H,83,90)(H,96,97)/t40-,42-,43-,44-,45-,46-,47-,48-,49-,50-,51-,52-/m0/s1. The highest BCUT2D eigenvalue weighted by Gasteiger charge is 2.37. The molecule has 0 spiro atoms. The fourth-order valence-electron chi connectivity index (χ4n) is 10.3. The van der Waals surface area contributed by atoms with Gasteiger partial charge in [-0.15, -0.1) is 0 Å². The number of aliphatic hydroxyl groups is 1. The number of rotatable bonds is 52. The Morgan fingerprint density at radius 3 is 1.02 bits per heavy atom. The van der Waals surface area contributed by atoms with Gasteiger partial charge in [0.05, 0.1) is 19.0 Å². The van der Waals surface area contributed by atoms with Crippen LogP contribution >= 0.6 is 0 Å². The number of imidazole rings is 1. The molecule has 0 aromatic carbocycles. The number of aromatic nitrogens is 2. The topological polar surface area (TPSA) is 562 Å². The zero-order valence-corrected chi connectivity index (χ0v) is 58.6. The molecule has 0 unspecified atom stereocenters. The summed E-state index contributed by atoms with van der Waals surface area (Å²) >= 11 is 0. The number of aliphatic hydroxyl groups excluding tert-OH is 1. The van der Waals surface area contributed by atoms with Gasteiger partial charge < -0.3 is 108 Å². The van der Waals surface area contributed by atoms with Crippen LogP contribution in [-0.2, 0) is 64.0 Å². The van der Waals surface area contributed by atoms with E-state index in [2.05, 4.69) is 68.5 Å². The van der Waals surface area contributed by atoms with Crippen molar-refractivity contribution in [3.63, 3.8) is 0 Å². The number of nitrogens with zero attached hydrogens (tertiary/aromatic N) is 1. The molecule has 0 aliphatic heterocycles. The third-order valence-corrected chi connectivity index (χ3v) is 16.0. The number of unbranched alkanes of at least 4 members (excludes halogenated alkanes) is 5. The molecule has 33 heteroatoms. The van der Waals surface area contributed by atoms with E-state index >= 15 is 0 Å². The molecule has 0 radical (unpaired) electrons. The van der Waals surface area contributed by atoms with Gasteiger partial charge in [0.2, 0.25) is 65.0 Å². The molecule has 1 rings (SSSR count). The molecule has 0 saturated carbocycles. The summed E-state index contributed by atoms with van der Waals surface area (Å²) in [6.45, 7) is 15.6. The molecule has 1 heterocycles. The Hall–Kier alpha value is -7.43. The van der Waals surface area contributed by atoms with Gasteiger partial charge in [-0.3, -0.25) is 52.7 Å². The lowest BCUT2D eigenvalue weighted by Gasteiger charge is -2.29. The Balaban J connectivity index is 3.39. The van der Waals surface area contributed by atoms with Crippen molar-refractivity contribution in [3.05, 3.63) is 18.2 Å². The number of carbonyl (C=O) groups is 12. The van der Waals surface area contributed by atoms with Gasteiger partial charge in [-0.05, 0) is 172 Å². The van der Waals surface area contributed by atoms with Crippen LogP contribution in [0.2, 0.25) is 0 Å². The molecular formula is C64H119N19O14. The van der Waals surface area contributed by atoms with Crippen molar-refractivity contribution in [3.8, 4) is 0 Å². The predicted octanol–water partition coefficient (Wildman–Crippen LogP) is -3.24. The lowest BCUT2D eigenvalue weighted by Crippen LogP contribution is -2.62. The van der Waals surface area contributed by atoms with E-state index in [9.17, 15) is 67.7 Å². The maximum absolute atomic E-state index is 14.4. The average Bonchev–Trinajstić information content (AvgIpc) is 2.07. The van der Waals surface area contributed by atoms with E-state index in [0.29, 0.717) is 89.5 Å². The minimum atomic E-state index is -1.70. The van der Waals surface area contributed by atoms with Crippen molar-refractivity contribution >= 4 is 70.9 Å². The van der Waals surface area contributed by atoms with Crippen molar-refractivity contribution < 1.29 is 67.7 Å². The van der Waals surface area contributed by atoms with Gasteiger partial charge in [-0.2, -0.15) is 0 Å². The maximum atomic E-state index is 14.4. The molecule has 554 valence electrons. The molecule has 33 nitrogen and oxygen atoms in total. The molecule has 12 atom stereocenters. The largest absolute Gasteiger partial charge is 0.480 e. The molecule has 0 aliphatic carbocycles. The molecule has 1 aromatic heterocycles. The van der Waals surface area contributed by atoms with Crippen LogP contribution < -0.4 is 92.9 Å². The number of nitrogens with two attached hydrogens (primary N) is 6. The van der Waals surface area contributed by atoms with E-state index in [1.165, 1.54) is 19.4 Å². The number of hydrogen-bond donors (Lipinski definition) is 20. The highest BCUT2D eigenvalue weighted by atomic mass is 16.4. The lowest BCUT2D eigenvalue weighted by atomic mass is 9.98. The molecule has 0 bridgehead atoms. The molecule has 26 N–H and O–H groups in total. The maximum Gasteiger partial charge on any atom is 0.326 e. The molecule has 0 saturated heterocycles. The third-order valence-electron chi connectivity index (χ3n) is 16.0. The van der Waals surface area contributed by atoms with E-state index in [1.807, 2.05) is 27.7 Å². The van der Waals surface area contributed by atoms with Crippen LogP contribution in [0.3, 0.4) is 0 Å². The summed E-state index contributed by atoms with van der Waals surface area (Å²) < 4.78 is 0. The molecule has 1 aromatic rings. The Labute approximate surface area is 571 Å². The normalized spacial score (nSPS) is 15.2. The van der Waals surface area contributed by atoms with Crippen molar-refractivity contribution in [1.29, 1.82) is 0 Å². The van der Waals surface area contributed by atoms with E-state index < -0.39 is 162 Å². The first-order valence-corrected chi connectivity index (χ1v) is 34.3. The zero-order chi connectivity index (χ0) is 73.3. The summed E-state index contributed by atoms with van der Waals surface area (Å²) in [5.74, 6) is -11.4. The van der Waals surface area contributed by atoms with Gasteiger partial charge in [-0.1, -0.05) is 55.4 Å². The van der Waals surface area contributed by atoms with Crippen molar-refractivity contribution in [2.24, 2.45) is 58.1 Å². The second kappa shape index (κ2) is 48.3. The Bertz CT molecular complexity index is 2580. The van der Waals surface area contributed by atoms with Gasteiger partial charge in [0, 0.05) is 18.3 Å². The summed E-state index contributed by atoms with van der Waals surface area (Å²) in [7, 11) is 0. The predicted molar refractivity (Wildman–Crippen MR) is 365 cm³/mol. The SMILES string of the molecule is CC(C)C[C@H](NC(=O)[C@@H](NC(=O)[C@H](CCCCN)NC(=O)[C@H](CCCCN)NC(=O)[C@H](CO)NC(=O)[C@@H](NC(=O)[C@H](C)NC(=O)[C@H](CCCCN)NC(=O)[C@H](CC(C)C)NC(=O)[C@@H](N)Cc1cnc[nH]1)C(C)C)C(C)C)C(=O)N[C@@H](CCCCN)C(=O)N[C@@H](CCCCN)C(=O)O. The number of H-pyrrole nitrogens is 1. The third kappa shape index (κ3) is 34.6. The molecule has 0 fully saturated rings. The van der Waals surface area contributed by atoms with Crippen LogP contribution in [0, 0.1) is 23.7 Å². The minimum Gasteiger partial charge on any atom is -0.480 e. The summed E-state index contributed by atoms with van der Waals surface area (Å²) in [4.78, 5) is 172. The average molecular weight is 1380 g/mol. The molecule has 97 heavy (non-hydrogen) atoms. The number of carboxylic acid groups (broad SMARTS) is 1. The number of nitrogens with one attached hydrogen (secondary N) is 12. The van der Waals surface area contributed by atoms with Crippen LogP contribution in [-0.4, -0.2) is 203 Å². The van der Waals surface area contributed by atoms with Crippen LogP contribution in [0.4, 0.5) is 0 Å². The first-order valence-electron chi connectivity index (χ1n) is 34.3. The van der Waals surface area contributed by atoms with E-state index in [1.54, 1.807) is 27.7 Å². The van der Waals surface area contributed by atoms with Gasteiger partial charge in [-0.25, -0.2) is 9.78 Å². The number of carbonyl (C=O) groups excluding carboxylic acids is 11. The fraction of sp³-hybridized carbons (Fsp3) is 0.766. The Morgan fingerprint density at radius 2 is 0.691 bits per heavy atom. The van der Waals surface area contributed by atoms with E-state index in [0.717, 1.165) is 0 Å². The van der Waals surface area contributed by atoms with Crippen molar-refractivity contribution in [1.82, 2.24) is 68.5 Å². The smallest absolute Gasteiger partial charge is 0.326 e. The highest BCUT2D eigenvalue weighted by molar-refractivity contribution is 5.99. The number of aromatic amines is 1. The van der Waals surface area contributed by atoms with Gasteiger partial charge in [0.1, 0.15) is 66.5 Å². The first-order chi connectivity index (χ1) is 45.9. The Kier molecular flexibility index (Phi) is 43.6. The fourth-order valence-corrected chi connectivity index (χ4v) is 10.3. The number of amides is 11. The second-order valence-corrected chi connectivity index (χ2v) is 26.3. The summed E-state index contributed by atoms with van der Waals surface area (Å²) in [6.07, 6.45) is 7.93. The minimum absolute atomic E-state index is 0.0166. The summed E-state index contributed by atoms with van der Waals surface area (Å²) in [5.41, 5.74) is 35.4. The summed E-state index contributed by atoms with van der Waals surface area (Å²) in [5, 5.41) is 49.4. The number of carboxylic acids is 1. The second-order valence-electron chi connectivity index (χ2n) is 26.3. The van der Waals surface area contributed by atoms with Gasteiger partial charge in [0.25, 0.3) is 0 Å². The number of hydrogen-bond acceptors (Lipinski definition) is 20. The van der Waals surface area contributed by atoms with Crippen molar-refractivity contribution in [2.45, 2.75) is 250 Å². The van der Waals surface area contributed by atoms with Crippen LogP contribution in [0.5, 0.6) is 0 Å². The summed E-state index contributed by atoms with van der Waals surface area (Å²) in [6, 6.07) is -15.3. The Morgan fingerprint density at radius 1 is 0.392 bits per heavy atom. The monoisotopic (exact) mass is 1380 g/mol. The quantitative estimate of drug-likeness (QED) is 0.0285. The molecule has 0 aliphatic rings. The van der Waals surface area contributed by atoms with Crippen molar-refractivity contribution in [2.75, 3.05) is 39.3 Å². The molecule has 11 amide bonds. The van der Waals surface area contributed by atoms with E-state index in [-0.39, 0.29) is 76.3 Å². The number of aliphatic carboxylic acids is 1. The zero-order valence-electron chi connectivity index (χ0n) is 58.6. The first kappa shape index (κ1) is 87.6. The van der Waals surface area contributed by atoms with E-state index in [4.69, 9.17) is 34.4 Å². The highest BCUT2D eigenvalue weighted by Crippen LogP contribution is 2.15. The van der Waals surface area contributed by atoms with Gasteiger partial charge >= 0.3 is 5.97 Å². The van der Waals surface area contributed by atoms with Crippen LogP contribution in [0.1, 0.15) is 177 Å². The van der Waals surface area contributed by atoms with Crippen LogP contribution in [0.25, 0.3) is 0 Å².